The van der Waals surface area contributed by atoms with Crippen LogP contribution in [0.1, 0.15) is 12.8 Å². The van der Waals surface area contributed by atoms with Crippen LogP contribution in [-0.4, -0.2) is 76.1 Å². The predicted molar refractivity (Wildman–Crippen MR) is 98.5 cm³/mol. The van der Waals surface area contributed by atoms with E-state index >= 15 is 0 Å². The quantitative estimate of drug-likeness (QED) is 0.791. The van der Waals surface area contributed by atoms with Crippen molar-refractivity contribution in [2.24, 2.45) is 5.92 Å². The van der Waals surface area contributed by atoms with Crippen molar-refractivity contribution in [3.8, 4) is 0 Å². The molecule has 1 fully saturated rings. The summed E-state index contributed by atoms with van der Waals surface area (Å²) in [4.78, 5) is 24.9. The number of sulfonamides is 1. The Kier molecular flexibility index (Phi) is 5.83. The zero-order valence-corrected chi connectivity index (χ0v) is 16.2. The van der Waals surface area contributed by atoms with Crippen LogP contribution in [0.3, 0.4) is 0 Å². The Hall–Kier alpha value is -1.94. The lowest BCUT2D eigenvalue weighted by atomic mass is 9.97. The van der Waals surface area contributed by atoms with Gasteiger partial charge in [0.05, 0.1) is 12.5 Å². The van der Waals surface area contributed by atoms with Crippen LogP contribution in [0.5, 0.6) is 0 Å². The molecule has 1 aliphatic rings. The molecule has 0 radical (unpaired) electrons. The monoisotopic (exact) mass is 370 g/mol. The van der Waals surface area contributed by atoms with Gasteiger partial charge in [0.2, 0.25) is 21.9 Å². The molecule has 0 saturated carbocycles. The first-order valence-electron chi connectivity index (χ1n) is 8.07. The summed E-state index contributed by atoms with van der Waals surface area (Å²) < 4.78 is 24.5. The highest BCUT2D eigenvalue weighted by atomic mass is 32.2. The third-order valence-electron chi connectivity index (χ3n) is 4.13. The number of aromatic nitrogens is 2. The molecule has 10 heteroatoms. The Balaban J connectivity index is 2.08. The number of carbonyl (C=O) groups excluding carboxylic acids is 1. The zero-order chi connectivity index (χ0) is 18.8. The van der Waals surface area contributed by atoms with Crippen LogP contribution in [0.25, 0.3) is 0 Å². The van der Waals surface area contributed by atoms with Crippen LogP contribution in [0.15, 0.2) is 6.20 Å². The molecule has 0 spiro atoms. The Morgan fingerprint density at radius 3 is 2.28 bits per heavy atom. The van der Waals surface area contributed by atoms with Gasteiger partial charge in [0, 0.05) is 47.2 Å². The average Bonchev–Trinajstić information content (AvgIpc) is 2.54. The van der Waals surface area contributed by atoms with Crippen molar-refractivity contribution in [3.05, 3.63) is 6.20 Å². The molecular formula is C15H26N6O3S. The fourth-order valence-corrected chi connectivity index (χ4v) is 3.57. The summed E-state index contributed by atoms with van der Waals surface area (Å²) in [5.74, 6) is 0.836. The molecule has 0 aromatic carbocycles. The van der Waals surface area contributed by atoms with Crippen molar-refractivity contribution in [1.82, 2.24) is 14.3 Å². The number of nitrogens with zero attached hydrogens (tertiary/aromatic N) is 5. The number of hydrogen-bond donors (Lipinski definition) is 1. The molecule has 1 aliphatic heterocycles. The fraction of sp³-hybridized carbons (Fsp3) is 0.667. The molecule has 0 aliphatic carbocycles. The summed E-state index contributed by atoms with van der Waals surface area (Å²) in [6.45, 7) is 0.737. The van der Waals surface area contributed by atoms with Gasteiger partial charge < -0.3 is 15.1 Å². The standard InChI is InChI=1S/C15H26N6O3S/c1-19(2)13-12(10-16-15(18-13)20(3)4)17-14(22)11-6-8-21(9-7-11)25(5,23)24/h10-11H,6-9H2,1-5H3,(H,17,22). The Bertz CT molecular complexity index is 727. The molecule has 2 rings (SSSR count). The fourth-order valence-electron chi connectivity index (χ4n) is 2.69. The molecule has 25 heavy (non-hydrogen) atoms. The van der Waals surface area contributed by atoms with Crippen molar-refractivity contribution < 1.29 is 13.2 Å². The SMILES string of the molecule is CN(C)c1ncc(NC(=O)C2CCN(S(C)(=O)=O)CC2)c(N(C)C)n1. The van der Waals surface area contributed by atoms with Gasteiger partial charge in [-0.3, -0.25) is 4.79 Å². The Morgan fingerprint density at radius 1 is 1.20 bits per heavy atom. The second-order valence-electron chi connectivity index (χ2n) is 6.62. The minimum absolute atomic E-state index is 0.127. The molecule has 0 atom stereocenters. The lowest BCUT2D eigenvalue weighted by Crippen LogP contribution is -2.41. The van der Waals surface area contributed by atoms with Gasteiger partial charge >= 0.3 is 0 Å². The van der Waals surface area contributed by atoms with E-state index < -0.39 is 10.0 Å². The van der Waals surface area contributed by atoms with Gasteiger partial charge in [-0.15, -0.1) is 0 Å². The lowest BCUT2D eigenvalue weighted by Gasteiger charge is -2.29. The third kappa shape index (κ3) is 4.79. The molecule has 1 saturated heterocycles. The van der Waals surface area contributed by atoms with E-state index in [0.717, 1.165) is 0 Å². The first-order valence-corrected chi connectivity index (χ1v) is 9.92. The number of rotatable bonds is 5. The van der Waals surface area contributed by atoms with Crippen molar-refractivity contribution >= 4 is 33.4 Å². The molecule has 1 aromatic rings. The van der Waals surface area contributed by atoms with E-state index in [9.17, 15) is 13.2 Å². The van der Waals surface area contributed by atoms with E-state index in [1.54, 1.807) is 11.1 Å². The molecule has 0 unspecified atom stereocenters. The molecule has 140 valence electrons. The maximum atomic E-state index is 12.6. The number of hydrogen-bond acceptors (Lipinski definition) is 7. The molecular weight excluding hydrogens is 344 g/mol. The third-order valence-corrected chi connectivity index (χ3v) is 5.43. The maximum absolute atomic E-state index is 12.6. The average molecular weight is 370 g/mol. The summed E-state index contributed by atoms with van der Waals surface area (Å²) in [5, 5.41) is 2.89. The number of anilines is 3. The van der Waals surface area contributed by atoms with Gasteiger partial charge in [0.25, 0.3) is 0 Å². The van der Waals surface area contributed by atoms with Crippen LogP contribution in [0.2, 0.25) is 0 Å². The first-order chi connectivity index (χ1) is 11.6. The number of amides is 1. The number of carbonyl (C=O) groups is 1. The largest absolute Gasteiger partial charge is 0.361 e. The topological polar surface area (TPSA) is 98.7 Å². The van der Waals surface area contributed by atoms with E-state index in [-0.39, 0.29) is 11.8 Å². The van der Waals surface area contributed by atoms with Crippen LogP contribution >= 0.6 is 0 Å². The van der Waals surface area contributed by atoms with Crippen LogP contribution < -0.4 is 15.1 Å². The van der Waals surface area contributed by atoms with E-state index in [1.165, 1.54) is 10.6 Å². The summed E-state index contributed by atoms with van der Waals surface area (Å²) in [5.41, 5.74) is 0.547. The summed E-state index contributed by atoms with van der Waals surface area (Å²) in [6, 6.07) is 0. The molecule has 0 bridgehead atoms. The number of piperidine rings is 1. The highest BCUT2D eigenvalue weighted by molar-refractivity contribution is 7.88. The second kappa shape index (κ2) is 7.52. The van der Waals surface area contributed by atoms with Crippen molar-refractivity contribution in [2.75, 3.05) is 62.7 Å². The van der Waals surface area contributed by atoms with E-state index in [1.807, 2.05) is 33.1 Å². The van der Waals surface area contributed by atoms with Gasteiger partial charge in [-0.25, -0.2) is 17.7 Å². The predicted octanol–water partition coefficient (Wildman–Crippen LogP) is 0.219. The van der Waals surface area contributed by atoms with Gasteiger partial charge in [-0.1, -0.05) is 0 Å². The first kappa shape index (κ1) is 19.4. The smallest absolute Gasteiger partial charge is 0.227 e. The summed E-state index contributed by atoms with van der Waals surface area (Å²) >= 11 is 0. The molecule has 9 nitrogen and oxygen atoms in total. The normalized spacial score (nSPS) is 16.5. The molecule has 2 heterocycles. The van der Waals surface area contributed by atoms with E-state index in [0.29, 0.717) is 43.4 Å². The van der Waals surface area contributed by atoms with Gasteiger partial charge in [0.1, 0.15) is 5.69 Å². The molecule has 1 amide bonds. The van der Waals surface area contributed by atoms with Crippen LogP contribution in [0, 0.1) is 5.92 Å². The maximum Gasteiger partial charge on any atom is 0.227 e. The molecule has 1 aromatic heterocycles. The zero-order valence-electron chi connectivity index (χ0n) is 15.4. The van der Waals surface area contributed by atoms with E-state index in [4.69, 9.17) is 0 Å². The lowest BCUT2D eigenvalue weighted by molar-refractivity contribution is -0.120. The van der Waals surface area contributed by atoms with Crippen LogP contribution in [0.4, 0.5) is 17.5 Å². The Morgan fingerprint density at radius 2 is 1.80 bits per heavy atom. The van der Waals surface area contributed by atoms with Gasteiger partial charge in [0.15, 0.2) is 5.82 Å². The summed E-state index contributed by atoms with van der Waals surface area (Å²) in [7, 11) is 4.20. The minimum Gasteiger partial charge on any atom is -0.361 e. The number of nitrogens with one attached hydrogen (secondary N) is 1. The van der Waals surface area contributed by atoms with Gasteiger partial charge in [-0.2, -0.15) is 4.98 Å². The Labute approximate surface area is 149 Å². The van der Waals surface area contributed by atoms with Crippen molar-refractivity contribution in [1.29, 1.82) is 0 Å². The molecule has 1 N–H and O–H groups in total. The minimum atomic E-state index is -3.19. The highest BCUT2D eigenvalue weighted by Gasteiger charge is 2.29. The van der Waals surface area contributed by atoms with Crippen molar-refractivity contribution in [3.63, 3.8) is 0 Å². The summed E-state index contributed by atoms with van der Waals surface area (Å²) in [6.07, 6.45) is 3.81. The van der Waals surface area contributed by atoms with Crippen molar-refractivity contribution in [2.45, 2.75) is 12.8 Å². The van der Waals surface area contributed by atoms with E-state index in [2.05, 4.69) is 15.3 Å². The second-order valence-corrected chi connectivity index (χ2v) is 8.60. The van der Waals surface area contributed by atoms with Crippen LogP contribution in [-0.2, 0) is 14.8 Å². The van der Waals surface area contributed by atoms with Gasteiger partial charge in [-0.05, 0) is 12.8 Å². The highest BCUT2D eigenvalue weighted by Crippen LogP contribution is 2.26.